The van der Waals surface area contributed by atoms with Crippen LogP contribution in [0.5, 0.6) is 0 Å². The summed E-state index contributed by atoms with van der Waals surface area (Å²) >= 11 is 0. The third-order valence-electron chi connectivity index (χ3n) is 4.64. The van der Waals surface area contributed by atoms with E-state index in [-0.39, 0.29) is 6.54 Å². The van der Waals surface area contributed by atoms with Gasteiger partial charge in [0.1, 0.15) is 0 Å². The zero-order valence-electron chi connectivity index (χ0n) is 15.4. The highest BCUT2D eigenvalue weighted by Crippen LogP contribution is 2.29. The maximum atomic E-state index is 12.5. The number of alkyl halides is 3. The van der Waals surface area contributed by atoms with Crippen LogP contribution in [-0.4, -0.2) is 27.2 Å². The van der Waals surface area contributed by atoms with Crippen molar-refractivity contribution in [3.63, 3.8) is 0 Å². The molecule has 0 bridgehead atoms. The molecule has 2 N–H and O–H groups in total. The van der Waals surface area contributed by atoms with Gasteiger partial charge >= 0.3 is 6.18 Å². The highest BCUT2D eigenvalue weighted by Gasteiger charge is 2.26. The molecule has 3 aromatic rings. The average Bonchev–Trinajstić information content (AvgIpc) is 3.00. The van der Waals surface area contributed by atoms with Crippen molar-refractivity contribution in [1.82, 2.24) is 9.38 Å². The predicted octanol–water partition coefficient (Wildman–Crippen LogP) is 5.04. The first-order valence-corrected chi connectivity index (χ1v) is 8.73. The highest BCUT2D eigenvalue weighted by atomic mass is 19.4. The van der Waals surface area contributed by atoms with E-state index in [2.05, 4.69) is 10.3 Å². The van der Waals surface area contributed by atoms with Crippen molar-refractivity contribution in [3.8, 4) is 11.3 Å². The Kier molecular flexibility index (Phi) is 5.15. The molecule has 0 fully saturated rings. The van der Waals surface area contributed by atoms with Gasteiger partial charge in [-0.2, -0.15) is 13.2 Å². The Morgan fingerprint density at radius 2 is 1.93 bits per heavy atom. The summed E-state index contributed by atoms with van der Waals surface area (Å²) in [4.78, 5) is 4.40. The monoisotopic (exact) mass is 377 g/mol. The number of pyridine rings is 1. The van der Waals surface area contributed by atoms with E-state index in [1.807, 2.05) is 36.4 Å². The van der Waals surface area contributed by atoms with Crippen LogP contribution in [-0.2, 0) is 0 Å². The number of aromatic nitrogens is 2. The van der Waals surface area contributed by atoms with Gasteiger partial charge in [0, 0.05) is 18.3 Å². The number of nitrogens with one attached hydrogen (secondary N) is 1. The van der Waals surface area contributed by atoms with Crippen molar-refractivity contribution in [1.29, 1.82) is 0 Å². The molecule has 4 nitrogen and oxygen atoms in total. The average molecular weight is 377 g/mol. The van der Waals surface area contributed by atoms with Crippen molar-refractivity contribution < 1.29 is 18.3 Å². The number of benzene rings is 1. The number of aliphatic hydroxyl groups excluding tert-OH is 1. The lowest BCUT2D eigenvalue weighted by atomic mass is 10.0. The number of halogens is 3. The minimum absolute atomic E-state index is 0.256. The fourth-order valence-electron chi connectivity index (χ4n) is 2.92. The Bertz CT molecular complexity index is 961. The first-order chi connectivity index (χ1) is 12.7. The standard InChI is InChI=1S/C20H22F3N3O/c1-12-4-5-15(8-13(12)2)18-10-25-19-17(24-7-6-20(21,22)23)9-16(14(3)27)11-26(18)19/h4-5,8-11,14,24,27H,6-7H2,1-3H3. The molecule has 2 heterocycles. The summed E-state index contributed by atoms with van der Waals surface area (Å²) in [6.45, 7) is 5.41. The molecular formula is C20H22F3N3O. The number of aliphatic hydroxyl groups is 1. The first-order valence-electron chi connectivity index (χ1n) is 8.73. The maximum absolute atomic E-state index is 12.5. The lowest BCUT2D eigenvalue weighted by Gasteiger charge is -2.14. The number of nitrogens with zero attached hydrogens (tertiary/aromatic N) is 2. The summed E-state index contributed by atoms with van der Waals surface area (Å²) in [6.07, 6.45) is -2.46. The van der Waals surface area contributed by atoms with Crippen molar-refractivity contribution in [2.75, 3.05) is 11.9 Å². The molecule has 1 atom stereocenters. The highest BCUT2D eigenvalue weighted by molar-refractivity contribution is 5.74. The van der Waals surface area contributed by atoms with Gasteiger partial charge in [0.05, 0.1) is 30.1 Å². The molecule has 27 heavy (non-hydrogen) atoms. The number of rotatable bonds is 5. The molecular weight excluding hydrogens is 355 g/mol. The quantitative estimate of drug-likeness (QED) is 0.655. The van der Waals surface area contributed by atoms with Crippen LogP contribution in [0.4, 0.5) is 18.9 Å². The van der Waals surface area contributed by atoms with Crippen LogP contribution in [0.2, 0.25) is 0 Å². The molecule has 2 aromatic heterocycles. The molecule has 0 radical (unpaired) electrons. The van der Waals surface area contributed by atoms with Gasteiger partial charge in [-0.3, -0.25) is 4.40 Å². The topological polar surface area (TPSA) is 49.6 Å². The van der Waals surface area contributed by atoms with Gasteiger partial charge in [0.25, 0.3) is 0 Å². The zero-order valence-corrected chi connectivity index (χ0v) is 15.4. The molecule has 0 aliphatic heterocycles. The van der Waals surface area contributed by atoms with Gasteiger partial charge in [0.2, 0.25) is 0 Å². The number of imidazole rings is 1. The minimum atomic E-state index is -4.23. The number of hydrogen-bond donors (Lipinski definition) is 2. The van der Waals surface area contributed by atoms with Gasteiger partial charge in [0.15, 0.2) is 5.65 Å². The third kappa shape index (κ3) is 4.24. The second-order valence-electron chi connectivity index (χ2n) is 6.79. The maximum Gasteiger partial charge on any atom is 0.390 e. The fraction of sp³-hybridized carbons (Fsp3) is 0.350. The number of aryl methyl sites for hydroxylation is 2. The minimum Gasteiger partial charge on any atom is -0.389 e. The fourth-order valence-corrected chi connectivity index (χ4v) is 2.92. The second-order valence-corrected chi connectivity index (χ2v) is 6.79. The van der Waals surface area contributed by atoms with Crippen LogP contribution in [0.3, 0.4) is 0 Å². The molecule has 1 unspecified atom stereocenters. The van der Waals surface area contributed by atoms with Crippen molar-refractivity contribution in [2.24, 2.45) is 0 Å². The Labute approximate surface area is 155 Å². The molecule has 0 amide bonds. The van der Waals surface area contributed by atoms with Crippen LogP contribution in [0, 0.1) is 13.8 Å². The van der Waals surface area contributed by atoms with Gasteiger partial charge in [-0.1, -0.05) is 12.1 Å². The van der Waals surface area contributed by atoms with Crippen LogP contribution in [0.15, 0.2) is 36.7 Å². The summed E-state index contributed by atoms with van der Waals surface area (Å²) in [5, 5.41) is 12.8. The Balaban J connectivity index is 2.06. The molecule has 0 saturated carbocycles. The molecule has 7 heteroatoms. The van der Waals surface area contributed by atoms with Crippen molar-refractivity contribution in [3.05, 3.63) is 53.3 Å². The van der Waals surface area contributed by atoms with E-state index in [1.165, 1.54) is 5.56 Å². The van der Waals surface area contributed by atoms with Crippen LogP contribution in [0.25, 0.3) is 16.9 Å². The van der Waals surface area contributed by atoms with Gasteiger partial charge in [-0.25, -0.2) is 4.98 Å². The number of hydrogen-bond acceptors (Lipinski definition) is 3. The molecule has 0 aliphatic carbocycles. The molecule has 1 aromatic carbocycles. The van der Waals surface area contributed by atoms with E-state index in [9.17, 15) is 18.3 Å². The van der Waals surface area contributed by atoms with Gasteiger partial charge < -0.3 is 10.4 Å². The predicted molar refractivity (Wildman–Crippen MR) is 99.9 cm³/mol. The van der Waals surface area contributed by atoms with Crippen LogP contribution in [0.1, 0.15) is 36.1 Å². The van der Waals surface area contributed by atoms with E-state index in [1.54, 1.807) is 25.4 Å². The Hall–Kier alpha value is -2.54. The van der Waals surface area contributed by atoms with Crippen LogP contribution >= 0.6 is 0 Å². The summed E-state index contributed by atoms with van der Waals surface area (Å²) < 4.78 is 39.2. The van der Waals surface area contributed by atoms with E-state index in [0.29, 0.717) is 16.9 Å². The first kappa shape index (κ1) is 19.2. The lowest BCUT2D eigenvalue weighted by molar-refractivity contribution is -0.131. The van der Waals surface area contributed by atoms with E-state index < -0.39 is 18.7 Å². The summed E-state index contributed by atoms with van der Waals surface area (Å²) in [5.41, 5.74) is 5.66. The zero-order chi connectivity index (χ0) is 19.8. The smallest absolute Gasteiger partial charge is 0.389 e. The van der Waals surface area contributed by atoms with Gasteiger partial charge in [-0.05, 0) is 49.6 Å². The second kappa shape index (κ2) is 7.23. The molecule has 144 valence electrons. The summed E-state index contributed by atoms with van der Waals surface area (Å²) in [7, 11) is 0. The largest absolute Gasteiger partial charge is 0.390 e. The summed E-state index contributed by atoms with van der Waals surface area (Å²) in [5.74, 6) is 0. The number of fused-ring (bicyclic) bond motifs is 1. The Morgan fingerprint density at radius 3 is 2.56 bits per heavy atom. The SMILES string of the molecule is Cc1ccc(-c2cnc3c(NCCC(F)(F)F)cc(C(C)O)cn23)cc1C. The van der Waals surface area contributed by atoms with Crippen molar-refractivity contribution >= 4 is 11.3 Å². The molecule has 0 spiro atoms. The third-order valence-corrected chi connectivity index (χ3v) is 4.64. The molecule has 0 aliphatic rings. The normalized spacial score (nSPS) is 13.1. The lowest BCUT2D eigenvalue weighted by Crippen LogP contribution is -2.15. The van der Waals surface area contributed by atoms with E-state index >= 15 is 0 Å². The molecule has 0 saturated heterocycles. The van der Waals surface area contributed by atoms with Gasteiger partial charge in [-0.15, -0.1) is 0 Å². The van der Waals surface area contributed by atoms with E-state index in [4.69, 9.17) is 0 Å². The number of anilines is 1. The summed E-state index contributed by atoms with van der Waals surface area (Å²) in [6, 6.07) is 7.70. The van der Waals surface area contributed by atoms with E-state index in [0.717, 1.165) is 16.8 Å². The molecule has 3 rings (SSSR count). The Morgan fingerprint density at radius 1 is 1.19 bits per heavy atom. The van der Waals surface area contributed by atoms with Crippen LogP contribution < -0.4 is 5.32 Å². The van der Waals surface area contributed by atoms with Crippen molar-refractivity contribution in [2.45, 2.75) is 39.5 Å².